The Hall–Kier alpha value is -3.01. The van der Waals surface area contributed by atoms with Gasteiger partial charge in [0.15, 0.2) is 5.52 Å². The van der Waals surface area contributed by atoms with Crippen LogP contribution in [0.3, 0.4) is 0 Å². The lowest BCUT2D eigenvalue weighted by Gasteiger charge is -2.08. The van der Waals surface area contributed by atoms with E-state index in [2.05, 4.69) is 19.7 Å². The van der Waals surface area contributed by atoms with Crippen LogP contribution in [0, 0.1) is 17.0 Å². The van der Waals surface area contributed by atoms with Gasteiger partial charge in [-0.05, 0) is 35.4 Å². The molecule has 0 saturated carbocycles. The van der Waals surface area contributed by atoms with E-state index >= 15 is 0 Å². The molecule has 0 fully saturated rings. The molecule has 1 heterocycles. The number of nitrogens with one attached hydrogen (secondary N) is 1. The van der Waals surface area contributed by atoms with E-state index in [4.69, 9.17) is 0 Å². The molecule has 0 amide bonds. The lowest BCUT2D eigenvalue weighted by molar-refractivity contribution is -0.383. The first kappa shape index (κ1) is 14.9. The predicted molar refractivity (Wildman–Crippen MR) is 80.4 cm³/mol. The Morgan fingerprint density at radius 1 is 1.09 bits per heavy atom. The summed E-state index contributed by atoms with van der Waals surface area (Å²) in [6.07, 6.45) is 0. The van der Waals surface area contributed by atoms with Crippen LogP contribution in [-0.4, -0.2) is 23.7 Å². The van der Waals surface area contributed by atoms with Gasteiger partial charge in [0.25, 0.3) is 10.0 Å². The molecule has 0 spiro atoms. The van der Waals surface area contributed by atoms with Gasteiger partial charge in [0, 0.05) is 6.07 Å². The van der Waals surface area contributed by atoms with Crippen LogP contribution in [0.4, 0.5) is 11.4 Å². The van der Waals surface area contributed by atoms with E-state index in [-0.39, 0.29) is 27.3 Å². The van der Waals surface area contributed by atoms with Crippen molar-refractivity contribution >= 4 is 32.4 Å². The van der Waals surface area contributed by atoms with Crippen LogP contribution in [0.15, 0.2) is 45.9 Å². The van der Waals surface area contributed by atoms with Crippen LogP contribution in [0.1, 0.15) is 5.56 Å². The van der Waals surface area contributed by atoms with Crippen molar-refractivity contribution in [3.05, 3.63) is 52.1 Å². The number of rotatable bonds is 4. The lowest BCUT2D eigenvalue weighted by atomic mass is 10.2. The van der Waals surface area contributed by atoms with E-state index < -0.39 is 14.9 Å². The van der Waals surface area contributed by atoms with E-state index in [1.54, 1.807) is 12.1 Å². The number of nitro benzene ring substituents is 1. The first-order valence-electron chi connectivity index (χ1n) is 6.37. The molecular formula is C13H10N4O5S. The molecule has 0 unspecified atom stereocenters. The first-order valence-corrected chi connectivity index (χ1v) is 7.86. The molecule has 118 valence electrons. The number of non-ortho nitro benzene ring substituents is 1. The number of sulfonamides is 1. The van der Waals surface area contributed by atoms with Crippen LogP contribution in [-0.2, 0) is 10.0 Å². The largest absolute Gasteiger partial charge is 0.300 e. The molecule has 0 atom stereocenters. The highest BCUT2D eigenvalue weighted by Crippen LogP contribution is 2.30. The highest BCUT2D eigenvalue weighted by Gasteiger charge is 2.22. The van der Waals surface area contributed by atoms with Crippen LogP contribution in [0.5, 0.6) is 0 Å². The highest BCUT2D eigenvalue weighted by molar-refractivity contribution is 7.92. The van der Waals surface area contributed by atoms with Crippen molar-refractivity contribution in [1.82, 2.24) is 10.3 Å². The Kier molecular flexibility index (Phi) is 3.45. The summed E-state index contributed by atoms with van der Waals surface area (Å²) >= 11 is 0. The van der Waals surface area contributed by atoms with Crippen molar-refractivity contribution in [3.63, 3.8) is 0 Å². The number of hydrogen-bond acceptors (Lipinski definition) is 7. The van der Waals surface area contributed by atoms with Crippen molar-refractivity contribution in [2.45, 2.75) is 11.8 Å². The number of aromatic nitrogens is 2. The van der Waals surface area contributed by atoms with E-state index in [1.165, 1.54) is 18.2 Å². The SMILES string of the molecule is Cc1ccc(S(=O)(=O)Nc2ccc([N+](=O)[O-])c3nonc23)cc1. The zero-order valence-corrected chi connectivity index (χ0v) is 12.6. The number of hydrogen-bond donors (Lipinski definition) is 1. The number of anilines is 1. The maximum atomic E-state index is 12.4. The molecule has 23 heavy (non-hydrogen) atoms. The Bertz CT molecular complexity index is 995. The summed E-state index contributed by atoms with van der Waals surface area (Å²) in [4.78, 5) is 10.3. The third-order valence-electron chi connectivity index (χ3n) is 3.17. The predicted octanol–water partition coefficient (Wildman–Crippen LogP) is 2.24. The number of fused-ring (bicyclic) bond motifs is 1. The second-order valence-electron chi connectivity index (χ2n) is 4.77. The van der Waals surface area contributed by atoms with Gasteiger partial charge in [-0.2, -0.15) is 0 Å². The van der Waals surface area contributed by atoms with Gasteiger partial charge in [0.1, 0.15) is 0 Å². The minimum atomic E-state index is -3.86. The summed E-state index contributed by atoms with van der Waals surface area (Å²) in [7, 11) is -3.86. The fraction of sp³-hybridized carbons (Fsp3) is 0.0769. The second kappa shape index (κ2) is 5.32. The topological polar surface area (TPSA) is 128 Å². The summed E-state index contributed by atoms with van der Waals surface area (Å²) < 4.78 is 31.6. The standard InChI is InChI=1S/C13H10N4O5S/c1-8-2-4-9(5-3-8)23(20,21)16-10-6-7-11(17(18)19)13-12(10)14-22-15-13/h2-7,16H,1H3. The Morgan fingerprint density at radius 2 is 1.74 bits per heavy atom. The minimum absolute atomic E-state index is 0.0325. The molecule has 10 heteroatoms. The number of benzene rings is 2. The third-order valence-corrected chi connectivity index (χ3v) is 4.55. The van der Waals surface area contributed by atoms with Crippen molar-refractivity contribution in [2.75, 3.05) is 4.72 Å². The molecule has 2 aromatic carbocycles. The molecule has 0 aliphatic rings. The second-order valence-corrected chi connectivity index (χ2v) is 6.45. The van der Waals surface area contributed by atoms with Gasteiger partial charge in [0.05, 0.1) is 15.5 Å². The molecule has 0 aliphatic heterocycles. The summed E-state index contributed by atoms with van der Waals surface area (Å²) in [5, 5.41) is 17.9. The quantitative estimate of drug-likeness (QED) is 0.572. The number of nitrogens with zero attached hydrogens (tertiary/aromatic N) is 3. The molecular weight excluding hydrogens is 324 g/mol. The normalized spacial score (nSPS) is 11.5. The Labute approximate surface area is 130 Å². The monoisotopic (exact) mass is 334 g/mol. The number of aryl methyl sites for hydroxylation is 1. The van der Waals surface area contributed by atoms with Gasteiger partial charge in [-0.15, -0.1) is 0 Å². The third kappa shape index (κ3) is 2.71. The molecule has 0 saturated heterocycles. The zero-order valence-electron chi connectivity index (χ0n) is 11.8. The average molecular weight is 334 g/mol. The van der Waals surface area contributed by atoms with Gasteiger partial charge in [0.2, 0.25) is 5.52 Å². The van der Waals surface area contributed by atoms with Crippen molar-refractivity contribution in [2.24, 2.45) is 0 Å². The summed E-state index contributed by atoms with van der Waals surface area (Å²) in [5.74, 6) is 0. The van der Waals surface area contributed by atoms with Gasteiger partial charge < -0.3 is 0 Å². The van der Waals surface area contributed by atoms with E-state index in [0.29, 0.717) is 0 Å². The molecule has 3 rings (SSSR count). The van der Waals surface area contributed by atoms with E-state index in [1.807, 2.05) is 6.92 Å². The van der Waals surface area contributed by atoms with Crippen LogP contribution >= 0.6 is 0 Å². The van der Waals surface area contributed by atoms with Gasteiger partial charge >= 0.3 is 5.69 Å². The lowest BCUT2D eigenvalue weighted by Crippen LogP contribution is -2.13. The van der Waals surface area contributed by atoms with Crippen molar-refractivity contribution in [1.29, 1.82) is 0 Å². The Balaban J connectivity index is 2.05. The summed E-state index contributed by atoms with van der Waals surface area (Å²) in [5.41, 5.74) is 0.489. The van der Waals surface area contributed by atoms with E-state index in [9.17, 15) is 18.5 Å². The zero-order chi connectivity index (χ0) is 16.6. The van der Waals surface area contributed by atoms with Gasteiger partial charge in [-0.25, -0.2) is 13.0 Å². The average Bonchev–Trinajstić information content (AvgIpc) is 2.97. The van der Waals surface area contributed by atoms with E-state index in [0.717, 1.165) is 11.6 Å². The smallest absolute Gasteiger partial charge is 0.277 e. The van der Waals surface area contributed by atoms with Crippen molar-refractivity contribution in [3.8, 4) is 0 Å². The van der Waals surface area contributed by atoms with Crippen LogP contribution < -0.4 is 4.72 Å². The molecule has 0 radical (unpaired) electrons. The number of nitro groups is 1. The van der Waals surface area contributed by atoms with Crippen LogP contribution in [0.2, 0.25) is 0 Å². The van der Waals surface area contributed by atoms with Crippen LogP contribution in [0.25, 0.3) is 11.0 Å². The maximum absolute atomic E-state index is 12.4. The molecule has 9 nitrogen and oxygen atoms in total. The molecule has 0 aliphatic carbocycles. The summed E-state index contributed by atoms with van der Waals surface area (Å²) in [6, 6.07) is 8.63. The molecule has 1 aromatic heterocycles. The first-order chi connectivity index (χ1) is 10.9. The van der Waals surface area contributed by atoms with Gasteiger partial charge in [-0.3, -0.25) is 14.8 Å². The van der Waals surface area contributed by atoms with Gasteiger partial charge in [-0.1, -0.05) is 17.7 Å². The molecule has 0 bridgehead atoms. The highest BCUT2D eigenvalue weighted by atomic mass is 32.2. The fourth-order valence-electron chi connectivity index (χ4n) is 2.00. The summed E-state index contributed by atoms with van der Waals surface area (Å²) in [6.45, 7) is 1.84. The molecule has 3 aromatic rings. The maximum Gasteiger partial charge on any atom is 0.300 e. The molecule has 1 N–H and O–H groups in total. The minimum Gasteiger partial charge on any atom is -0.277 e. The Morgan fingerprint density at radius 3 is 2.39 bits per heavy atom. The fourth-order valence-corrected chi connectivity index (χ4v) is 3.07. The van der Waals surface area contributed by atoms with Crippen molar-refractivity contribution < 1.29 is 18.0 Å².